The first-order valence-electron chi connectivity index (χ1n) is 6.10. The highest BCUT2D eigenvalue weighted by Crippen LogP contribution is 2.30. The van der Waals surface area contributed by atoms with E-state index in [4.69, 9.17) is 10.7 Å². The van der Waals surface area contributed by atoms with E-state index in [2.05, 4.69) is 32.4 Å². The molecule has 0 spiro atoms. The molecule has 3 nitrogen and oxygen atoms in total. The minimum Gasteiger partial charge on any atom is -0.324 e. The number of thiophene rings is 1. The van der Waals surface area contributed by atoms with Crippen molar-refractivity contribution in [3.05, 3.63) is 33.4 Å². The van der Waals surface area contributed by atoms with Gasteiger partial charge in [-0.1, -0.05) is 6.42 Å². The van der Waals surface area contributed by atoms with E-state index in [1.54, 1.807) is 11.3 Å². The smallest absolute Gasteiger partial charge is 0.169 e. The zero-order valence-corrected chi connectivity index (χ0v) is 12.3. The van der Waals surface area contributed by atoms with E-state index in [-0.39, 0.29) is 6.04 Å². The van der Waals surface area contributed by atoms with Crippen LogP contribution in [0.25, 0.3) is 10.7 Å². The van der Waals surface area contributed by atoms with Crippen molar-refractivity contribution in [1.29, 1.82) is 0 Å². The van der Waals surface area contributed by atoms with Crippen LogP contribution >= 0.6 is 27.3 Å². The lowest BCUT2D eigenvalue weighted by atomic mass is 10.1. The SMILES string of the molecule is NC1CCCCc2nc(-c3cc(Br)cs3)ncc21. The first kappa shape index (κ1) is 12.3. The van der Waals surface area contributed by atoms with Crippen LogP contribution in [0.3, 0.4) is 0 Å². The lowest BCUT2D eigenvalue weighted by molar-refractivity contribution is 0.614. The van der Waals surface area contributed by atoms with Crippen LogP contribution in [0.2, 0.25) is 0 Å². The second-order valence-electron chi connectivity index (χ2n) is 4.58. The van der Waals surface area contributed by atoms with Crippen LogP contribution < -0.4 is 5.73 Å². The third-order valence-electron chi connectivity index (χ3n) is 3.27. The first-order valence-corrected chi connectivity index (χ1v) is 7.77. The summed E-state index contributed by atoms with van der Waals surface area (Å²) in [4.78, 5) is 10.3. The van der Waals surface area contributed by atoms with Gasteiger partial charge in [-0.3, -0.25) is 0 Å². The van der Waals surface area contributed by atoms with Gasteiger partial charge in [0.05, 0.1) is 4.88 Å². The minimum absolute atomic E-state index is 0.103. The highest BCUT2D eigenvalue weighted by molar-refractivity contribution is 9.10. The van der Waals surface area contributed by atoms with Crippen LogP contribution in [0.5, 0.6) is 0 Å². The van der Waals surface area contributed by atoms with Gasteiger partial charge in [-0.05, 0) is 41.3 Å². The van der Waals surface area contributed by atoms with Gasteiger partial charge in [0.25, 0.3) is 0 Å². The molecular weight excluding hydrogens is 310 g/mol. The molecule has 0 fully saturated rings. The van der Waals surface area contributed by atoms with E-state index in [1.165, 1.54) is 12.8 Å². The highest BCUT2D eigenvalue weighted by atomic mass is 79.9. The predicted octanol–water partition coefficient (Wildman–Crippen LogP) is 3.69. The fraction of sp³-hybridized carbons (Fsp3) is 0.385. The maximum absolute atomic E-state index is 6.15. The third-order valence-corrected chi connectivity index (χ3v) is 4.95. The lowest BCUT2D eigenvalue weighted by Gasteiger charge is -2.11. The molecule has 0 saturated heterocycles. The molecule has 5 heteroatoms. The molecule has 0 saturated carbocycles. The van der Waals surface area contributed by atoms with E-state index in [0.29, 0.717) is 0 Å². The van der Waals surface area contributed by atoms with Crippen LogP contribution in [0, 0.1) is 0 Å². The van der Waals surface area contributed by atoms with Gasteiger partial charge in [0.2, 0.25) is 0 Å². The van der Waals surface area contributed by atoms with Gasteiger partial charge in [0.1, 0.15) is 0 Å². The summed E-state index contributed by atoms with van der Waals surface area (Å²) >= 11 is 5.12. The molecule has 1 aliphatic carbocycles. The monoisotopic (exact) mass is 323 g/mol. The molecule has 2 aromatic heterocycles. The van der Waals surface area contributed by atoms with Gasteiger partial charge in [0, 0.05) is 33.3 Å². The summed E-state index contributed by atoms with van der Waals surface area (Å²) in [6, 6.07) is 2.16. The highest BCUT2D eigenvalue weighted by Gasteiger charge is 2.18. The van der Waals surface area contributed by atoms with Crippen molar-refractivity contribution in [2.75, 3.05) is 0 Å². The topological polar surface area (TPSA) is 51.8 Å². The van der Waals surface area contributed by atoms with Crippen LogP contribution in [-0.2, 0) is 6.42 Å². The predicted molar refractivity (Wildman–Crippen MR) is 77.5 cm³/mol. The summed E-state index contributed by atoms with van der Waals surface area (Å²) < 4.78 is 1.08. The van der Waals surface area contributed by atoms with E-state index in [0.717, 1.165) is 39.3 Å². The van der Waals surface area contributed by atoms with Crippen molar-refractivity contribution in [3.63, 3.8) is 0 Å². The fourth-order valence-corrected chi connectivity index (χ4v) is 3.66. The largest absolute Gasteiger partial charge is 0.324 e. The Balaban J connectivity index is 2.02. The molecule has 18 heavy (non-hydrogen) atoms. The lowest BCUT2D eigenvalue weighted by Crippen LogP contribution is -2.12. The average Bonchev–Trinajstić information content (AvgIpc) is 2.72. The summed E-state index contributed by atoms with van der Waals surface area (Å²) in [5.41, 5.74) is 8.42. The fourth-order valence-electron chi connectivity index (χ4n) is 2.30. The maximum Gasteiger partial charge on any atom is 0.169 e. The van der Waals surface area contributed by atoms with Gasteiger partial charge < -0.3 is 5.73 Å². The van der Waals surface area contributed by atoms with Gasteiger partial charge in [0.15, 0.2) is 5.82 Å². The Labute approximate surface area is 119 Å². The molecule has 0 radical (unpaired) electrons. The molecule has 1 unspecified atom stereocenters. The van der Waals surface area contributed by atoms with E-state index in [1.807, 2.05) is 6.20 Å². The molecule has 2 aromatic rings. The number of hydrogen-bond donors (Lipinski definition) is 1. The van der Waals surface area contributed by atoms with Gasteiger partial charge in [-0.15, -0.1) is 11.3 Å². The summed E-state index contributed by atoms with van der Waals surface area (Å²) in [7, 11) is 0. The first-order chi connectivity index (χ1) is 8.74. The Morgan fingerprint density at radius 1 is 1.39 bits per heavy atom. The van der Waals surface area contributed by atoms with Crippen molar-refractivity contribution < 1.29 is 0 Å². The van der Waals surface area contributed by atoms with Crippen LogP contribution in [0.4, 0.5) is 0 Å². The number of aromatic nitrogens is 2. The van der Waals surface area contributed by atoms with Crippen molar-refractivity contribution in [3.8, 4) is 10.7 Å². The number of hydrogen-bond acceptors (Lipinski definition) is 4. The zero-order valence-electron chi connectivity index (χ0n) is 9.90. The Morgan fingerprint density at radius 2 is 2.28 bits per heavy atom. The molecule has 0 aromatic carbocycles. The molecule has 3 rings (SSSR count). The summed E-state index contributed by atoms with van der Waals surface area (Å²) in [5, 5.41) is 2.05. The quantitative estimate of drug-likeness (QED) is 0.814. The number of halogens is 1. The van der Waals surface area contributed by atoms with Crippen molar-refractivity contribution in [2.24, 2.45) is 5.73 Å². The summed E-state index contributed by atoms with van der Waals surface area (Å²) in [6.07, 6.45) is 6.33. The summed E-state index contributed by atoms with van der Waals surface area (Å²) in [6.45, 7) is 0. The normalized spacial score (nSPS) is 19.3. The van der Waals surface area contributed by atoms with Gasteiger partial charge in [-0.2, -0.15) is 0 Å². The molecule has 0 amide bonds. The average molecular weight is 324 g/mol. The minimum atomic E-state index is 0.103. The molecule has 2 heterocycles. The number of nitrogens with zero attached hydrogens (tertiary/aromatic N) is 2. The third kappa shape index (κ3) is 2.35. The van der Waals surface area contributed by atoms with Gasteiger partial charge >= 0.3 is 0 Å². The zero-order chi connectivity index (χ0) is 12.5. The van der Waals surface area contributed by atoms with Crippen LogP contribution in [-0.4, -0.2) is 9.97 Å². The standard InChI is InChI=1S/C13H14BrN3S/c14-8-5-12(18-7-8)13-16-6-9-10(15)3-1-2-4-11(9)17-13/h5-7,10H,1-4,15H2. The van der Waals surface area contributed by atoms with Crippen LogP contribution in [0.1, 0.15) is 36.6 Å². The number of rotatable bonds is 1. The number of nitrogens with two attached hydrogens (primary N) is 1. The molecular formula is C13H14BrN3S. The van der Waals surface area contributed by atoms with E-state index in [9.17, 15) is 0 Å². The Morgan fingerprint density at radius 3 is 3.06 bits per heavy atom. The second kappa shape index (κ2) is 5.07. The van der Waals surface area contributed by atoms with E-state index < -0.39 is 0 Å². The van der Waals surface area contributed by atoms with Gasteiger partial charge in [-0.25, -0.2) is 9.97 Å². The molecule has 1 aliphatic rings. The molecule has 0 aliphatic heterocycles. The molecule has 0 bridgehead atoms. The number of fused-ring (bicyclic) bond motifs is 1. The number of aryl methyl sites for hydroxylation is 1. The Kier molecular flexibility index (Phi) is 3.46. The van der Waals surface area contributed by atoms with Crippen LogP contribution in [0.15, 0.2) is 22.1 Å². The van der Waals surface area contributed by atoms with Crippen molar-refractivity contribution in [2.45, 2.75) is 31.7 Å². The summed E-state index contributed by atoms with van der Waals surface area (Å²) in [5.74, 6) is 0.818. The maximum atomic E-state index is 6.15. The molecule has 1 atom stereocenters. The Bertz CT molecular complexity index is 567. The second-order valence-corrected chi connectivity index (χ2v) is 6.40. The van der Waals surface area contributed by atoms with E-state index >= 15 is 0 Å². The van der Waals surface area contributed by atoms with Crippen molar-refractivity contribution in [1.82, 2.24) is 9.97 Å². The molecule has 94 valence electrons. The molecule has 2 N–H and O–H groups in total. The Hall–Kier alpha value is -0.780. The van der Waals surface area contributed by atoms with Crippen molar-refractivity contribution >= 4 is 27.3 Å².